The van der Waals surface area contributed by atoms with Gasteiger partial charge in [0.1, 0.15) is 41.9 Å². The number of nitrogens with two attached hydrogens (primary N) is 1. The van der Waals surface area contributed by atoms with Crippen molar-refractivity contribution in [2.24, 2.45) is 4.99 Å². The second-order valence-electron chi connectivity index (χ2n) is 9.56. The fourth-order valence-corrected chi connectivity index (χ4v) is 5.89. The number of aliphatic hydroxyl groups excluding tert-OH is 2. The molecular weight excluding hydrogens is 543 g/mol. The Kier molecular flexibility index (Phi) is 8.88. The number of aliphatic imine (C=N–C) groups is 1. The fourth-order valence-electron chi connectivity index (χ4n) is 4.39. The lowest BCUT2D eigenvalue weighted by molar-refractivity contribution is -0.149. The smallest absolute Gasteiger partial charge is 0.459 e. The zero-order chi connectivity index (χ0) is 29.1. The van der Waals surface area contributed by atoms with Crippen LogP contribution >= 0.6 is 7.75 Å². The maximum atomic E-state index is 13.8. The number of anilines is 1. The summed E-state index contributed by atoms with van der Waals surface area (Å²) in [5.74, 6) is -0.260. The summed E-state index contributed by atoms with van der Waals surface area (Å²) in [6.45, 7) is 7.68. The van der Waals surface area contributed by atoms with E-state index in [1.807, 2.05) is 0 Å². The van der Waals surface area contributed by atoms with Gasteiger partial charge in [0.25, 0.3) is 0 Å². The molecule has 0 amide bonds. The molecule has 3 heterocycles. The van der Waals surface area contributed by atoms with Crippen LogP contribution in [0, 0.1) is 0 Å². The molecule has 2 aromatic heterocycles. The molecule has 1 saturated heterocycles. The van der Waals surface area contributed by atoms with Crippen LogP contribution in [-0.4, -0.2) is 81.1 Å². The van der Waals surface area contributed by atoms with E-state index in [0.29, 0.717) is 11.2 Å². The summed E-state index contributed by atoms with van der Waals surface area (Å²) in [5.41, 5.74) is 5.15. The summed E-state index contributed by atoms with van der Waals surface area (Å²) in [4.78, 5) is 20.3. The Bertz CT molecular complexity index is 1390. The Labute approximate surface area is 230 Å². The van der Waals surface area contributed by atoms with Crippen molar-refractivity contribution < 1.29 is 38.1 Å². The average molecular weight is 577 g/mol. The van der Waals surface area contributed by atoms with Crippen LogP contribution in [-0.2, 0) is 29.0 Å². The lowest BCUT2D eigenvalue weighted by Crippen LogP contribution is -2.44. The molecule has 1 unspecified atom stereocenters. The molecule has 6 atom stereocenters. The quantitative estimate of drug-likeness (QED) is 0.138. The third kappa shape index (κ3) is 6.02. The highest BCUT2D eigenvalue weighted by Gasteiger charge is 2.57. The molecule has 0 spiro atoms. The van der Waals surface area contributed by atoms with Crippen molar-refractivity contribution in [3.63, 3.8) is 0 Å². The number of hydrogen-bond donors (Lipinski definition) is 4. The number of aliphatic hydroxyl groups is 2. The standard InChI is InChI=1S/C25H33N6O8P/c1-15(2)37-24(34)16(3)30-40(35,39-17-8-6-5-7-9-17)36-12-19-21(32)22(33)25(38-19,13-27-4)20-11-10-18-23(26)28-14-29-31(18)20/h5-11,14-16,19,21-22,32-33H,4,12-13H2,1-3H3,(H,30,35)(H2,26,28,29)/t16-,19+,21+,22+,25-,40?/m0/s1. The van der Waals surface area contributed by atoms with Gasteiger partial charge in [-0.05, 0) is 51.8 Å². The average Bonchev–Trinajstić information content (AvgIpc) is 3.45. The predicted octanol–water partition coefficient (Wildman–Crippen LogP) is 1.46. The van der Waals surface area contributed by atoms with Gasteiger partial charge in [-0.15, -0.1) is 0 Å². The van der Waals surface area contributed by atoms with E-state index < -0.39 is 56.4 Å². The van der Waals surface area contributed by atoms with Crippen molar-refractivity contribution in [3.05, 3.63) is 54.5 Å². The molecule has 0 bridgehead atoms. The molecule has 1 aliphatic heterocycles. The first-order valence-corrected chi connectivity index (χ1v) is 14.1. The number of carbonyl (C=O) groups excluding carboxylic acids is 1. The monoisotopic (exact) mass is 576 g/mol. The summed E-state index contributed by atoms with van der Waals surface area (Å²) in [6.07, 6.45) is -3.36. The minimum absolute atomic E-state index is 0.160. The molecule has 1 aliphatic rings. The van der Waals surface area contributed by atoms with E-state index in [0.717, 1.165) is 0 Å². The summed E-state index contributed by atoms with van der Waals surface area (Å²) in [6, 6.07) is 10.4. The van der Waals surface area contributed by atoms with Gasteiger partial charge in [-0.3, -0.25) is 14.3 Å². The molecule has 216 valence electrons. The lowest BCUT2D eigenvalue weighted by Gasteiger charge is -2.30. The Balaban J connectivity index is 1.59. The van der Waals surface area contributed by atoms with Crippen LogP contribution in [0.15, 0.2) is 53.8 Å². The number of fused-ring (bicyclic) bond motifs is 1. The molecule has 1 fully saturated rings. The molecule has 1 aromatic carbocycles. The maximum Gasteiger partial charge on any atom is 0.459 e. The van der Waals surface area contributed by atoms with Gasteiger partial charge in [-0.25, -0.2) is 14.1 Å². The molecule has 5 N–H and O–H groups in total. The van der Waals surface area contributed by atoms with E-state index in [1.54, 1.807) is 56.3 Å². The minimum Gasteiger partial charge on any atom is -0.462 e. The largest absolute Gasteiger partial charge is 0.462 e. The van der Waals surface area contributed by atoms with Gasteiger partial charge in [-0.1, -0.05) is 18.2 Å². The van der Waals surface area contributed by atoms with Gasteiger partial charge >= 0.3 is 13.7 Å². The first kappa shape index (κ1) is 29.6. The summed E-state index contributed by atoms with van der Waals surface area (Å²) >= 11 is 0. The number of aromatic nitrogens is 3. The maximum absolute atomic E-state index is 13.8. The summed E-state index contributed by atoms with van der Waals surface area (Å²) in [7, 11) is -4.26. The number of carbonyl (C=O) groups is 1. The third-order valence-corrected chi connectivity index (χ3v) is 7.88. The molecule has 0 aliphatic carbocycles. The molecule has 0 radical (unpaired) electrons. The number of nitrogen functional groups attached to an aromatic ring is 1. The highest BCUT2D eigenvalue weighted by atomic mass is 31.2. The van der Waals surface area contributed by atoms with E-state index in [1.165, 1.54) is 17.8 Å². The Morgan fingerprint density at radius 2 is 2.00 bits per heavy atom. The van der Waals surface area contributed by atoms with Crippen molar-refractivity contribution in [3.8, 4) is 5.75 Å². The van der Waals surface area contributed by atoms with E-state index in [-0.39, 0.29) is 18.1 Å². The highest BCUT2D eigenvalue weighted by molar-refractivity contribution is 7.52. The van der Waals surface area contributed by atoms with Crippen LogP contribution in [0.25, 0.3) is 5.52 Å². The van der Waals surface area contributed by atoms with Gasteiger partial charge in [0.15, 0.2) is 11.4 Å². The number of benzene rings is 1. The number of rotatable bonds is 12. The Morgan fingerprint density at radius 1 is 1.27 bits per heavy atom. The van der Waals surface area contributed by atoms with E-state index in [4.69, 9.17) is 24.3 Å². The molecule has 14 nitrogen and oxygen atoms in total. The predicted molar refractivity (Wildman–Crippen MR) is 145 cm³/mol. The first-order chi connectivity index (χ1) is 19.0. The van der Waals surface area contributed by atoms with Crippen LogP contribution < -0.4 is 15.3 Å². The molecule has 4 rings (SSSR count). The highest BCUT2D eigenvalue weighted by Crippen LogP contribution is 2.47. The van der Waals surface area contributed by atoms with Gasteiger partial charge in [0, 0.05) is 0 Å². The normalized spacial score (nSPS) is 25.0. The first-order valence-electron chi connectivity index (χ1n) is 12.5. The van der Waals surface area contributed by atoms with Crippen molar-refractivity contribution in [2.45, 2.75) is 56.8 Å². The number of nitrogens with zero attached hydrogens (tertiary/aromatic N) is 4. The van der Waals surface area contributed by atoms with E-state index in [2.05, 4.69) is 26.9 Å². The molecule has 40 heavy (non-hydrogen) atoms. The summed E-state index contributed by atoms with van der Waals surface area (Å²) in [5, 5.41) is 29.0. The zero-order valence-electron chi connectivity index (χ0n) is 22.3. The Morgan fingerprint density at radius 3 is 2.67 bits per heavy atom. The SMILES string of the molecule is C=NC[C@@]1(c2ccc3c(N)ncnn23)O[C@H](COP(=O)(N[C@@H](C)C(=O)OC(C)C)Oc2ccccc2)[C@@H](O)[C@H]1O. The van der Waals surface area contributed by atoms with Gasteiger partial charge in [-0.2, -0.15) is 10.2 Å². The van der Waals surface area contributed by atoms with Crippen LogP contribution in [0.2, 0.25) is 0 Å². The van der Waals surface area contributed by atoms with Crippen molar-refractivity contribution in [1.29, 1.82) is 0 Å². The number of esters is 1. The van der Waals surface area contributed by atoms with Crippen molar-refractivity contribution in [2.75, 3.05) is 18.9 Å². The number of ether oxygens (including phenoxy) is 2. The molecule has 15 heteroatoms. The number of para-hydroxylation sites is 1. The van der Waals surface area contributed by atoms with Crippen LogP contribution in [0.4, 0.5) is 5.82 Å². The lowest BCUT2D eigenvalue weighted by atomic mass is 9.91. The third-order valence-electron chi connectivity index (χ3n) is 6.24. The van der Waals surface area contributed by atoms with Gasteiger partial charge in [0.05, 0.1) is 24.9 Å². The topological polar surface area (TPSA) is 192 Å². The van der Waals surface area contributed by atoms with Crippen LogP contribution in [0.3, 0.4) is 0 Å². The number of nitrogens with one attached hydrogen (secondary N) is 1. The summed E-state index contributed by atoms with van der Waals surface area (Å²) < 4.78 is 37.9. The van der Waals surface area contributed by atoms with Gasteiger partial charge < -0.3 is 29.9 Å². The van der Waals surface area contributed by atoms with Crippen LogP contribution in [0.5, 0.6) is 5.75 Å². The second-order valence-corrected chi connectivity index (χ2v) is 11.3. The van der Waals surface area contributed by atoms with Crippen molar-refractivity contribution in [1.82, 2.24) is 19.7 Å². The minimum atomic E-state index is -4.26. The molecule has 3 aromatic rings. The van der Waals surface area contributed by atoms with Gasteiger partial charge in [0.2, 0.25) is 0 Å². The van der Waals surface area contributed by atoms with E-state index in [9.17, 15) is 19.6 Å². The fraction of sp³-hybridized carbons (Fsp3) is 0.440. The molecule has 0 saturated carbocycles. The Hall–Kier alpha value is -3.39. The second kappa shape index (κ2) is 12.0. The van der Waals surface area contributed by atoms with E-state index >= 15 is 0 Å². The molecular formula is C25H33N6O8P. The number of hydrogen-bond acceptors (Lipinski definition) is 12. The van der Waals surface area contributed by atoms with Crippen molar-refractivity contribution >= 4 is 31.8 Å². The van der Waals surface area contributed by atoms with Crippen LogP contribution in [0.1, 0.15) is 26.5 Å². The zero-order valence-corrected chi connectivity index (χ0v) is 23.2.